The van der Waals surface area contributed by atoms with Gasteiger partial charge in [0, 0.05) is 22.7 Å². The van der Waals surface area contributed by atoms with Crippen molar-refractivity contribution in [3.8, 4) is 18.4 Å². The largest absolute Gasteiger partial charge is 0.352 e. The minimum absolute atomic E-state index is 0.0949. The van der Waals surface area contributed by atoms with Gasteiger partial charge in [-0.3, -0.25) is 4.79 Å². The summed E-state index contributed by atoms with van der Waals surface area (Å²) in [6.07, 6.45) is 6.64. The van der Waals surface area contributed by atoms with Crippen LogP contribution >= 0.6 is 23.4 Å². The molecule has 26 heavy (non-hydrogen) atoms. The van der Waals surface area contributed by atoms with E-state index < -0.39 is 0 Å². The van der Waals surface area contributed by atoms with Crippen molar-refractivity contribution in [1.82, 2.24) is 5.32 Å². The minimum atomic E-state index is -0.377. The highest BCUT2D eigenvalue weighted by Crippen LogP contribution is 2.47. The highest BCUT2D eigenvalue weighted by Gasteiger charge is 2.41. The van der Waals surface area contributed by atoms with Crippen molar-refractivity contribution >= 4 is 29.1 Å². The molecule has 1 heterocycles. The number of ketones is 1. The van der Waals surface area contributed by atoms with Crippen molar-refractivity contribution in [3.05, 3.63) is 56.7 Å². The molecule has 0 aromatic heterocycles. The van der Waals surface area contributed by atoms with E-state index in [2.05, 4.69) is 31.2 Å². The maximum absolute atomic E-state index is 13.0. The Morgan fingerprint density at radius 1 is 1.35 bits per heavy atom. The zero-order valence-electron chi connectivity index (χ0n) is 14.7. The second-order valence-corrected chi connectivity index (χ2v) is 8.71. The number of rotatable bonds is 3. The molecule has 0 fully saturated rings. The van der Waals surface area contributed by atoms with Gasteiger partial charge in [0.25, 0.3) is 0 Å². The topological polar surface area (TPSA) is 52.9 Å². The van der Waals surface area contributed by atoms with E-state index in [-0.39, 0.29) is 17.1 Å². The number of allylic oxidation sites excluding steroid dienone is 3. The first-order valence-corrected chi connectivity index (χ1v) is 9.72. The van der Waals surface area contributed by atoms with Gasteiger partial charge in [0.15, 0.2) is 5.78 Å². The Hall–Kier alpha value is -2.14. The fourth-order valence-electron chi connectivity index (χ4n) is 3.59. The van der Waals surface area contributed by atoms with Crippen LogP contribution in [0.5, 0.6) is 0 Å². The number of Topliss-reactive ketones (excluding diaryl/α,β-unsaturated/α-hetero) is 1. The van der Waals surface area contributed by atoms with Crippen molar-refractivity contribution in [3.63, 3.8) is 0 Å². The molecule has 5 heteroatoms. The van der Waals surface area contributed by atoms with Gasteiger partial charge in [0.2, 0.25) is 0 Å². The van der Waals surface area contributed by atoms with Gasteiger partial charge >= 0.3 is 0 Å². The number of hydrogen-bond donors (Lipinski definition) is 1. The van der Waals surface area contributed by atoms with Crippen LogP contribution in [0.3, 0.4) is 0 Å². The summed E-state index contributed by atoms with van der Waals surface area (Å²) in [7, 11) is 0. The van der Waals surface area contributed by atoms with Crippen LogP contribution in [0, 0.1) is 29.1 Å². The summed E-state index contributed by atoms with van der Waals surface area (Å²) in [4.78, 5) is 13.0. The molecule has 1 atom stereocenters. The van der Waals surface area contributed by atoms with Gasteiger partial charge in [-0.05, 0) is 29.5 Å². The average molecular weight is 383 g/mol. The van der Waals surface area contributed by atoms with E-state index in [1.165, 1.54) is 11.8 Å². The lowest BCUT2D eigenvalue weighted by Gasteiger charge is -2.39. The Kier molecular flexibility index (Phi) is 5.19. The summed E-state index contributed by atoms with van der Waals surface area (Å²) < 4.78 is 0. The Morgan fingerprint density at radius 3 is 2.65 bits per heavy atom. The van der Waals surface area contributed by atoms with Crippen LogP contribution < -0.4 is 5.32 Å². The lowest BCUT2D eigenvalue weighted by Crippen LogP contribution is -2.36. The number of halogens is 1. The summed E-state index contributed by atoms with van der Waals surface area (Å²) in [5.74, 6) is 2.77. The van der Waals surface area contributed by atoms with Crippen molar-refractivity contribution in [2.75, 3.05) is 5.75 Å². The van der Waals surface area contributed by atoms with E-state index in [4.69, 9.17) is 18.0 Å². The van der Waals surface area contributed by atoms with Crippen molar-refractivity contribution in [2.45, 2.75) is 32.6 Å². The molecule has 1 unspecified atom stereocenters. The van der Waals surface area contributed by atoms with Gasteiger partial charge in [-0.15, -0.1) is 6.42 Å². The fourth-order valence-corrected chi connectivity index (χ4v) is 4.46. The lowest BCUT2D eigenvalue weighted by molar-refractivity contribution is -0.118. The van der Waals surface area contributed by atoms with Crippen molar-refractivity contribution in [2.24, 2.45) is 5.41 Å². The smallest absolute Gasteiger partial charge is 0.162 e. The summed E-state index contributed by atoms with van der Waals surface area (Å²) in [5, 5.41) is 14.6. The second-order valence-electron chi connectivity index (χ2n) is 7.29. The number of hydrogen-bond acceptors (Lipinski definition) is 4. The molecule has 1 N–H and O–H groups in total. The predicted octanol–water partition coefficient (Wildman–Crippen LogP) is 4.77. The number of terminal acetylenes is 1. The Labute approximate surface area is 163 Å². The van der Waals surface area contributed by atoms with Crippen molar-refractivity contribution in [1.29, 1.82) is 5.26 Å². The van der Waals surface area contributed by atoms with Crippen molar-refractivity contribution < 1.29 is 4.79 Å². The third kappa shape index (κ3) is 3.54. The summed E-state index contributed by atoms with van der Waals surface area (Å²) in [6, 6.07) is 9.66. The number of carbonyl (C=O) groups excluding carboxylic acids is 1. The van der Waals surface area contributed by atoms with Crippen LogP contribution in [0.4, 0.5) is 0 Å². The third-order valence-corrected chi connectivity index (χ3v) is 5.80. The van der Waals surface area contributed by atoms with Gasteiger partial charge in [0.05, 0.1) is 28.3 Å². The molecule has 3 nitrogen and oxygen atoms in total. The van der Waals surface area contributed by atoms with Crippen LogP contribution in [0.1, 0.15) is 38.2 Å². The highest BCUT2D eigenvalue weighted by atomic mass is 35.5. The number of benzene rings is 1. The Bertz CT molecular complexity index is 897. The minimum Gasteiger partial charge on any atom is -0.352 e. The molecule has 132 valence electrons. The molecular formula is C21H19ClN2OS. The normalized spacial score (nSPS) is 21.6. The molecule has 1 aliphatic carbocycles. The standard InChI is InChI=1S/C21H19ClN2OS/c1-4-9-26-20-15(12-23)18(13-5-7-14(22)8-6-13)19-16(24-20)10-21(2,3)11-17(19)25/h1,5-8,18,24H,9-11H2,2-3H3. The second kappa shape index (κ2) is 7.23. The molecule has 1 aromatic carbocycles. The summed E-state index contributed by atoms with van der Waals surface area (Å²) >= 11 is 7.45. The average Bonchev–Trinajstić information content (AvgIpc) is 2.58. The van der Waals surface area contributed by atoms with Crippen LogP contribution in [-0.4, -0.2) is 11.5 Å². The molecule has 0 saturated heterocycles. The van der Waals surface area contributed by atoms with Crippen LogP contribution in [0.15, 0.2) is 46.1 Å². The first kappa shape index (κ1) is 18.6. The summed E-state index contributed by atoms with van der Waals surface area (Å²) in [6.45, 7) is 4.18. The third-order valence-electron chi connectivity index (χ3n) is 4.63. The molecular weight excluding hydrogens is 364 g/mol. The molecule has 1 aliphatic heterocycles. The number of nitriles is 1. The molecule has 0 saturated carbocycles. The number of nitrogens with one attached hydrogen (secondary N) is 1. The monoisotopic (exact) mass is 382 g/mol. The molecule has 0 bridgehead atoms. The lowest BCUT2D eigenvalue weighted by atomic mass is 9.69. The highest BCUT2D eigenvalue weighted by molar-refractivity contribution is 8.03. The van der Waals surface area contributed by atoms with Gasteiger partial charge < -0.3 is 5.32 Å². The SMILES string of the molecule is C#CCSC1=C(C#N)C(c2ccc(Cl)cc2)C2=C(CC(C)(C)CC2=O)N1. The maximum atomic E-state index is 13.0. The molecule has 0 radical (unpaired) electrons. The molecule has 0 amide bonds. The quantitative estimate of drug-likeness (QED) is 0.765. The first-order valence-electron chi connectivity index (χ1n) is 8.35. The van der Waals surface area contributed by atoms with Gasteiger partial charge in [0.1, 0.15) is 0 Å². The van der Waals surface area contributed by atoms with E-state index in [1.807, 2.05) is 12.1 Å². The number of thioether (sulfide) groups is 1. The van der Waals surface area contributed by atoms with E-state index in [0.29, 0.717) is 28.3 Å². The molecule has 2 aliphatic rings. The van der Waals surface area contributed by atoms with Gasteiger partial charge in [-0.25, -0.2) is 0 Å². The molecule has 3 rings (SSSR count). The zero-order chi connectivity index (χ0) is 18.9. The zero-order valence-corrected chi connectivity index (χ0v) is 16.3. The Balaban J connectivity index is 2.16. The number of carbonyl (C=O) groups is 1. The molecule has 1 aromatic rings. The van der Waals surface area contributed by atoms with E-state index in [1.54, 1.807) is 12.1 Å². The molecule has 0 spiro atoms. The number of nitrogens with zero attached hydrogens (tertiary/aromatic N) is 1. The first-order chi connectivity index (χ1) is 12.4. The van der Waals surface area contributed by atoms with E-state index in [0.717, 1.165) is 22.7 Å². The van der Waals surface area contributed by atoms with Crippen LogP contribution in [0.2, 0.25) is 5.02 Å². The van der Waals surface area contributed by atoms with Gasteiger partial charge in [-0.1, -0.05) is 55.3 Å². The Morgan fingerprint density at radius 2 is 2.04 bits per heavy atom. The maximum Gasteiger partial charge on any atom is 0.162 e. The van der Waals surface area contributed by atoms with E-state index in [9.17, 15) is 10.1 Å². The van der Waals surface area contributed by atoms with Gasteiger partial charge in [-0.2, -0.15) is 5.26 Å². The van der Waals surface area contributed by atoms with Crippen LogP contribution in [0.25, 0.3) is 0 Å². The van der Waals surface area contributed by atoms with E-state index >= 15 is 0 Å². The predicted molar refractivity (Wildman–Crippen MR) is 106 cm³/mol. The summed E-state index contributed by atoms with van der Waals surface area (Å²) in [5.41, 5.74) is 2.93. The fraction of sp³-hybridized carbons (Fsp3) is 0.333. The number of dihydropyridines is 1. The van der Waals surface area contributed by atoms with Crippen LogP contribution in [-0.2, 0) is 4.79 Å².